The van der Waals surface area contributed by atoms with Crippen molar-refractivity contribution in [3.63, 3.8) is 0 Å². The Labute approximate surface area is 164 Å². The number of ether oxygens (including phenoxy) is 1. The molecular formula is C20H26N6O2. The molecule has 3 aromatic rings. The largest absolute Gasteiger partial charge is 0.496 e. The molecule has 4 rings (SSSR count). The van der Waals surface area contributed by atoms with Crippen LogP contribution >= 0.6 is 0 Å². The van der Waals surface area contributed by atoms with Gasteiger partial charge in [-0.2, -0.15) is 10.2 Å². The van der Waals surface area contributed by atoms with Gasteiger partial charge in [0.25, 0.3) is 0 Å². The van der Waals surface area contributed by atoms with Gasteiger partial charge in [-0.05, 0) is 37.1 Å². The Morgan fingerprint density at radius 2 is 2.14 bits per heavy atom. The maximum absolute atomic E-state index is 10.5. The Morgan fingerprint density at radius 3 is 2.86 bits per heavy atom. The number of aliphatic hydroxyl groups is 1. The lowest BCUT2D eigenvalue weighted by atomic mass is 10.0. The van der Waals surface area contributed by atoms with Gasteiger partial charge < -0.3 is 9.84 Å². The number of hydrogen-bond donors (Lipinski definition) is 2. The molecule has 3 heterocycles. The maximum Gasteiger partial charge on any atom is 0.137 e. The highest BCUT2D eigenvalue weighted by Crippen LogP contribution is 2.25. The predicted octanol–water partition coefficient (Wildman–Crippen LogP) is 1.40. The molecule has 8 heteroatoms. The van der Waals surface area contributed by atoms with Crippen LogP contribution in [-0.4, -0.2) is 61.3 Å². The molecule has 0 saturated carbocycles. The van der Waals surface area contributed by atoms with Gasteiger partial charge in [-0.15, -0.1) is 0 Å². The number of likely N-dealkylation sites (tertiary alicyclic amines) is 1. The Morgan fingerprint density at radius 1 is 1.25 bits per heavy atom. The van der Waals surface area contributed by atoms with Gasteiger partial charge in [0.2, 0.25) is 0 Å². The summed E-state index contributed by atoms with van der Waals surface area (Å²) < 4.78 is 7.28. The molecule has 1 aliphatic rings. The average molecular weight is 382 g/mol. The minimum Gasteiger partial charge on any atom is -0.496 e. The van der Waals surface area contributed by atoms with Crippen LogP contribution in [0.15, 0.2) is 36.9 Å². The number of aromatic nitrogens is 5. The lowest BCUT2D eigenvalue weighted by Gasteiger charge is -2.17. The van der Waals surface area contributed by atoms with Crippen molar-refractivity contribution in [1.29, 1.82) is 0 Å². The second-order valence-electron chi connectivity index (χ2n) is 7.51. The first-order valence-corrected chi connectivity index (χ1v) is 9.50. The molecule has 1 fully saturated rings. The first kappa shape index (κ1) is 18.6. The summed E-state index contributed by atoms with van der Waals surface area (Å²) in [6, 6.07) is 8.28. The van der Waals surface area contributed by atoms with Crippen LogP contribution in [0.1, 0.15) is 22.5 Å². The van der Waals surface area contributed by atoms with Crippen LogP contribution in [-0.2, 0) is 19.5 Å². The van der Waals surface area contributed by atoms with Crippen molar-refractivity contribution >= 4 is 0 Å². The molecule has 0 unspecified atom stereocenters. The van der Waals surface area contributed by atoms with E-state index in [2.05, 4.69) is 43.4 Å². The van der Waals surface area contributed by atoms with E-state index in [-0.39, 0.29) is 12.0 Å². The Balaban J connectivity index is 1.42. The van der Waals surface area contributed by atoms with E-state index >= 15 is 0 Å². The zero-order valence-corrected chi connectivity index (χ0v) is 16.2. The van der Waals surface area contributed by atoms with Crippen molar-refractivity contribution in [2.45, 2.75) is 32.5 Å². The van der Waals surface area contributed by atoms with E-state index in [1.807, 2.05) is 13.0 Å². The van der Waals surface area contributed by atoms with E-state index < -0.39 is 0 Å². The molecule has 0 amide bonds. The van der Waals surface area contributed by atoms with Crippen LogP contribution < -0.4 is 4.74 Å². The highest BCUT2D eigenvalue weighted by atomic mass is 16.5. The Kier molecular flexibility index (Phi) is 5.40. The molecule has 8 nitrogen and oxygen atoms in total. The fourth-order valence-electron chi connectivity index (χ4n) is 3.92. The van der Waals surface area contributed by atoms with Crippen LogP contribution in [0, 0.1) is 12.8 Å². The lowest BCUT2D eigenvalue weighted by Crippen LogP contribution is -2.21. The predicted molar refractivity (Wildman–Crippen MR) is 104 cm³/mol. The smallest absolute Gasteiger partial charge is 0.137 e. The molecule has 2 atom stereocenters. The van der Waals surface area contributed by atoms with E-state index in [4.69, 9.17) is 4.74 Å². The van der Waals surface area contributed by atoms with Crippen molar-refractivity contribution in [2.24, 2.45) is 5.92 Å². The van der Waals surface area contributed by atoms with Gasteiger partial charge in [-0.3, -0.25) is 10.00 Å². The second kappa shape index (κ2) is 8.12. The van der Waals surface area contributed by atoms with Crippen LogP contribution in [0.3, 0.4) is 0 Å². The van der Waals surface area contributed by atoms with E-state index in [1.165, 1.54) is 11.9 Å². The molecule has 1 saturated heterocycles. The number of aliphatic hydroxyl groups excluding tert-OH is 1. The Bertz CT molecular complexity index is 907. The lowest BCUT2D eigenvalue weighted by molar-refractivity contribution is 0.140. The summed E-state index contributed by atoms with van der Waals surface area (Å²) in [6.07, 6.45) is 3.69. The molecule has 2 aromatic heterocycles. The minimum absolute atomic E-state index is 0.204. The number of H-pyrrole nitrogens is 1. The topological polar surface area (TPSA) is 92.1 Å². The summed E-state index contributed by atoms with van der Waals surface area (Å²) in [5.41, 5.74) is 4.33. The first-order valence-electron chi connectivity index (χ1n) is 9.50. The number of aryl methyl sites for hydroxylation is 1. The molecule has 0 aliphatic carbocycles. The summed E-state index contributed by atoms with van der Waals surface area (Å²) in [5, 5.41) is 22.0. The van der Waals surface area contributed by atoms with Gasteiger partial charge in [-0.25, -0.2) is 9.67 Å². The monoisotopic (exact) mass is 382 g/mol. The number of benzene rings is 1. The van der Waals surface area contributed by atoms with Crippen LogP contribution in [0.5, 0.6) is 5.75 Å². The van der Waals surface area contributed by atoms with Crippen LogP contribution in [0.25, 0.3) is 0 Å². The van der Waals surface area contributed by atoms with E-state index in [9.17, 15) is 5.11 Å². The van der Waals surface area contributed by atoms with Crippen molar-refractivity contribution in [2.75, 3.05) is 20.2 Å². The normalized spacial score (nSPS) is 20.0. The number of hydrogen-bond acceptors (Lipinski definition) is 6. The second-order valence-corrected chi connectivity index (χ2v) is 7.51. The van der Waals surface area contributed by atoms with Crippen LogP contribution in [0.4, 0.5) is 0 Å². The molecule has 1 aromatic carbocycles. The summed E-state index contributed by atoms with van der Waals surface area (Å²) in [5.74, 6) is 1.04. The third kappa shape index (κ3) is 4.23. The van der Waals surface area contributed by atoms with Gasteiger partial charge in [0.15, 0.2) is 0 Å². The number of rotatable bonds is 7. The third-order valence-corrected chi connectivity index (χ3v) is 5.26. The number of nitrogens with one attached hydrogen (secondary N) is 1. The zero-order chi connectivity index (χ0) is 19.5. The fraction of sp³-hybridized carbons (Fsp3) is 0.450. The molecule has 0 spiro atoms. The highest BCUT2D eigenvalue weighted by molar-refractivity contribution is 5.37. The summed E-state index contributed by atoms with van der Waals surface area (Å²) in [7, 11) is 1.68. The van der Waals surface area contributed by atoms with Gasteiger partial charge >= 0.3 is 0 Å². The van der Waals surface area contributed by atoms with Crippen molar-refractivity contribution in [3.8, 4) is 5.75 Å². The molecule has 0 bridgehead atoms. The first-order chi connectivity index (χ1) is 13.6. The van der Waals surface area contributed by atoms with Gasteiger partial charge in [0.05, 0.1) is 25.5 Å². The van der Waals surface area contributed by atoms with Gasteiger partial charge in [0, 0.05) is 36.8 Å². The SMILES string of the molecule is COc1ccc(CN2C[C@@H](Cc3cc(C)[nH]n3)[C@@H](O)C2)cc1Cn1cncn1. The van der Waals surface area contributed by atoms with Crippen molar-refractivity contribution < 1.29 is 9.84 Å². The van der Waals surface area contributed by atoms with E-state index in [0.717, 1.165) is 42.2 Å². The highest BCUT2D eigenvalue weighted by Gasteiger charge is 2.31. The average Bonchev–Trinajstić information content (AvgIpc) is 3.39. The van der Waals surface area contributed by atoms with Crippen molar-refractivity contribution in [3.05, 3.63) is 59.4 Å². The zero-order valence-electron chi connectivity index (χ0n) is 16.2. The third-order valence-electron chi connectivity index (χ3n) is 5.26. The Hall–Kier alpha value is -2.71. The van der Waals surface area contributed by atoms with E-state index in [1.54, 1.807) is 18.1 Å². The van der Waals surface area contributed by atoms with Crippen LogP contribution in [0.2, 0.25) is 0 Å². The molecule has 0 radical (unpaired) electrons. The number of methoxy groups -OCH3 is 1. The van der Waals surface area contributed by atoms with Crippen molar-refractivity contribution in [1.82, 2.24) is 29.9 Å². The molecule has 1 aliphatic heterocycles. The quantitative estimate of drug-likeness (QED) is 0.642. The summed E-state index contributed by atoms with van der Waals surface area (Å²) >= 11 is 0. The van der Waals surface area contributed by atoms with Gasteiger partial charge in [0.1, 0.15) is 18.4 Å². The molecule has 148 valence electrons. The van der Waals surface area contributed by atoms with E-state index in [0.29, 0.717) is 13.1 Å². The molecule has 28 heavy (non-hydrogen) atoms. The number of β-amino-alcohol motifs (C(OH)–C–C–N with tert-alkyl or cyclic N) is 1. The molecule has 2 N–H and O–H groups in total. The fourth-order valence-corrected chi connectivity index (χ4v) is 3.92. The minimum atomic E-state index is -0.329. The number of aromatic amines is 1. The standard InChI is InChI=1S/C20H26N6O2/c1-14-5-18(24-23-14)7-16-9-25(11-19(16)27)8-15-3-4-20(28-2)17(6-15)10-26-13-21-12-22-26/h3-6,12-13,16,19,27H,7-11H2,1-2H3,(H,23,24)/t16-,19+/m1/s1. The summed E-state index contributed by atoms with van der Waals surface area (Å²) in [6.45, 7) is 4.94. The maximum atomic E-state index is 10.5. The molecular weight excluding hydrogens is 356 g/mol. The number of nitrogens with zero attached hydrogens (tertiary/aromatic N) is 5. The van der Waals surface area contributed by atoms with Gasteiger partial charge in [-0.1, -0.05) is 6.07 Å². The summed E-state index contributed by atoms with van der Waals surface area (Å²) in [4.78, 5) is 6.30.